The number of methoxy groups -OCH3 is 1. The predicted octanol–water partition coefficient (Wildman–Crippen LogP) is 2.89. The van der Waals surface area contributed by atoms with Crippen LogP contribution >= 0.6 is 0 Å². The van der Waals surface area contributed by atoms with Crippen molar-refractivity contribution in [1.82, 2.24) is 0 Å². The molecular weight excluding hydrogens is 300 g/mol. The second-order valence-corrected chi connectivity index (χ2v) is 4.84. The maximum Gasteiger partial charge on any atom is 0.341 e. The number of benzene rings is 2. The Hall–Kier alpha value is -3.02. The van der Waals surface area contributed by atoms with Crippen molar-refractivity contribution >= 4 is 11.9 Å². The Morgan fingerprint density at radius 2 is 1.30 bits per heavy atom. The highest BCUT2D eigenvalue weighted by Gasteiger charge is 2.10. The van der Waals surface area contributed by atoms with Crippen molar-refractivity contribution in [2.24, 2.45) is 0 Å². The summed E-state index contributed by atoms with van der Waals surface area (Å²) in [5.74, 6) is -1.85. The van der Waals surface area contributed by atoms with Crippen molar-refractivity contribution in [1.29, 1.82) is 0 Å². The first-order valence-corrected chi connectivity index (χ1v) is 6.67. The van der Waals surface area contributed by atoms with Gasteiger partial charge in [0, 0.05) is 0 Å². The van der Waals surface area contributed by atoms with E-state index in [2.05, 4.69) is 4.74 Å². The van der Waals surface area contributed by atoms with Crippen LogP contribution in [0.2, 0.25) is 0 Å². The van der Waals surface area contributed by atoms with Crippen LogP contribution in [0.5, 0.6) is 11.5 Å². The van der Waals surface area contributed by atoms with Crippen molar-refractivity contribution in [2.45, 2.75) is 13.8 Å². The summed E-state index contributed by atoms with van der Waals surface area (Å²) in [4.78, 5) is 21.3. The number of hydrogen-bond acceptors (Lipinski definition) is 5. The maximum absolute atomic E-state index is 11.0. The number of aryl methyl sites for hydroxylation is 2. The van der Waals surface area contributed by atoms with Gasteiger partial charge in [0.15, 0.2) is 0 Å². The number of phenols is 2. The van der Waals surface area contributed by atoms with Crippen LogP contribution < -0.4 is 0 Å². The van der Waals surface area contributed by atoms with Gasteiger partial charge in [-0.3, -0.25) is 0 Å². The Kier molecular flexibility index (Phi) is 6.14. The normalized spacial score (nSPS) is 9.52. The molecule has 2 rings (SSSR count). The average molecular weight is 318 g/mol. The molecule has 0 saturated carbocycles. The number of rotatable bonds is 2. The van der Waals surface area contributed by atoms with Crippen LogP contribution in [0.15, 0.2) is 36.4 Å². The van der Waals surface area contributed by atoms with Crippen molar-refractivity contribution in [2.75, 3.05) is 7.11 Å². The van der Waals surface area contributed by atoms with E-state index in [4.69, 9.17) is 10.2 Å². The van der Waals surface area contributed by atoms with Crippen LogP contribution in [-0.4, -0.2) is 34.4 Å². The third kappa shape index (κ3) is 5.03. The Morgan fingerprint density at radius 3 is 1.65 bits per heavy atom. The minimum atomic E-state index is -1.11. The van der Waals surface area contributed by atoms with E-state index in [9.17, 15) is 14.7 Å². The van der Waals surface area contributed by atoms with Crippen molar-refractivity contribution < 1.29 is 29.6 Å². The highest BCUT2D eigenvalue weighted by molar-refractivity contribution is 5.92. The summed E-state index contributed by atoms with van der Waals surface area (Å²) < 4.78 is 4.46. The van der Waals surface area contributed by atoms with Gasteiger partial charge in [-0.05, 0) is 49.2 Å². The maximum atomic E-state index is 11.0. The lowest BCUT2D eigenvalue weighted by molar-refractivity contribution is 0.0596. The molecule has 6 nitrogen and oxygen atoms in total. The molecule has 6 heteroatoms. The van der Waals surface area contributed by atoms with Gasteiger partial charge in [0.1, 0.15) is 22.6 Å². The lowest BCUT2D eigenvalue weighted by atomic mass is 10.1. The summed E-state index contributed by atoms with van der Waals surface area (Å²) >= 11 is 0. The topological polar surface area (TPSA) is 104 Å². The van der Waals surface area contributed by atoms with E-state index in [-0.39, 0.29) is 22.6 Å². The summed E-state index contributed by atoms with van der Waals surface area (Å²) in [6.45, 7) is 3.62. The molecule has 0 aliphatic rings. The number of aromatic hydroxyl groups is 2. The second kappa shape index (κ2) is 7.84. The van der Waals surface area contributed by atoms with Crippen molar-refractivity contribution in [3.05, 3.63) is 58.7 Å². The van der Waals surface area contributed by atoms with E-state index >= 15 is 0 Å². The molecule has 0 aliphatic carbocycles. The first kappa shape index (κ1) is 18.0. The quantitative estimate of drug-likeness (QED) is 0.736. The second-order valence-electron chi connectivity index (χ2n) is 4.84. The molecule has 0 saturated heterocycles. The molecule has 0 spiro atoms. The lowest BCUT2D eigenvalue weighted by Crippen LogP contribution is -2.01. The van der Waals surface area contributed by atoms with Crippen LogP contribution in [0.25, 0.3) is 0 Å². The first-order chi connectivity index (χ1) is 10.8. The number of carboxylic acids is 1. The van der Waals surface area contributed by atoms with Crippen LogP contribution in [0.3, 0.4) is 0 Å². The van der Waals surface area contributed by atoms with E-state index in [0.29, 0.717) is 0 Å². The molecule has 0 heterocycles. The SMILES string of the molecule is COC(=O)c1ccc(C)cc1O.Cc1ccc(C(=O)O)c(O)c1. The minimum Gasteiger partial charge on any atom is -0.507 e. The van der Waals surface area contributed by atoms with Crippen LogP contribution in [0.1, 0.15) is 31.8 Å². The zero-order chi connectivity index (χ0) is 17.6. The largest absolute Gasteiger partial charge is 0.507 e. The Bertz CT molecular complexity index is 721. The zero-order valence-electron chi connectivity index (χ0n) is 13.0. The van der Waals surface area contributed by atoms with Gasteiger partial charge in [-0.2, -0.15) is 0 Å². The van der Waals surface area contributed by atoms with Crippen molar-refractivity contribution in [3.63, 3.8) is 0 Å². The van der Waals surface area contributed by atoms with Crippen LogP contribution in [-0.2, 0) is 4.74 Å². The van der Waals surface area contributed by atoms with Gasteiger partial charge in [0.05, 0.1) is 7.11 Å². The molecule has 0 amide bonds. The number of carbonyl (C=O) groups excluding carboxylic acids is 1. The Morgan fingerprint density at radius 1 is 0.870 bits per heavy atom. The smallest absolute Gasteiger partial charge is 0.341 e. The Balaban J connectivity index is 0.000000231. The molecule has 0 atom stereocenters. The zero-order valence-corrected chi connectivity index (χ0v) is 13.0. The van der Waals surface area contributed by atoms with Gasteiger partial charge in [-0.25, -0.2) is 9.59 Å². The highest BCUT2D eigenvalue weighted by atomic mass is 16.5. The number of carbonyl (C=O) groups is 2. The standard InChI is InChI=1S/C9H10O3.C8H8O3/c1-6-3-4-7(8(10)5-6)9(11)12-2;1-5-2-3-6(8(10)11)7(9)4-5/h3-5,10H,1-2H3;2-4,9H,1H3,(H,10,11). The molecule has 0 unspecified atom stereocenters. The predicted molar refractivity (Wildman–Crippen MR) is 84.0 cm³/mol. The molecule has 0 aliphatic heterocycles. The summed E-state index contributed by atoms with van der Waals surface area (Å²) in [6.07, 6.45) is 0. The minimum absolute atomic E-state index is 0.0400. The number of carboxylic acid groups (broad SMARTS) is 1. The molecule has 0 bridgehead atoms. The molecule has 0 fully saturated rings. The monoisotopic (exact) mass is 318 g/mol. The van der Waals surface area contributed by atoms with Crippen molar-refractivity contribution in [3.8, 4) is 11.5 Å². The van der Waals surface area contributed by atoms with Gasteiger partial charge in [-0.1, -0.05) is 12.1 Å². The van der Waals surface area contributed by atoms with E-state index in [1.165, 1.54) is 31.4 Å². The first-order valence-electron chi connectivity index (χ1n) is 6.67. The number of hydrogen-bond donors (Lipinski definition) is 3. The fraction of sp³-hybridized carbons (Fsp3) is 0.176. The van der Waals surface area contributed by atoms with Crippen LogP contribution in [0.4, 0.5) is 0 Å². The van der Waals surface area contributed by atoms with Gasteiger partial charge >= 0.3 is 11.9 Å². The summed E-state index contributed by atoms with van der Waals surface area (Å²) in [7, 11) is 1.28. The van der Waals surface area contributed by atoms with Gasteiger partial charge in [-0.15, -0.1) is 0 Å². The number of esters is 1. The van der Waals surface area contributed by atoms with E-state index in [1.807, 2.05) is 6.92 Å². The molecule has 0 aromatic heterocycles. The molecule has 23 heavy (non-hydrogen) atoms. The highest BCUT2D eigenvalue weighted by Crippen LogP contribution is 2.19. The van der Waals surface area contributed by atoms with E-state index in [0.717, 1.165) is 11.1 Å². The molecule has 122 valence electrons. The molecule has 0 radical (unpaired) electrons. The Labute approximate surface area is 133 Å². The summed E-state index contributed by atoms with van der Waals surface area (Å²) in [5.41, 5.74) is 1.88. The van der Waals surface area contributed by atoms with Gasteiger partial charge in [0.2, 0.25) is 0 Å². The fourth-order valence-electron chi connectivity index (χ4n) is 1.75. The van der Waals surface area contributed by atoms with Crippen LogP contribution in [0, 0.1) is 13.8 Å². The number of phenolic OH excluding ortho intramolecular Hbond substituents is 1. The molecule has 2 aromatic carbocycles. The van der Waals surface area contributed by atoms with Gasteiger partial charge in [0.25, 0.3) is 0 Å². The van der Waals surface area contributed by atoms with E-state index in [1.54, 1.807) is 19.1 Å². The van der Waals surface area contributed by atoms with Gasteiger partial charge < -0.3 is 20.1 Å². The molecule has 2 aromatic rings. The molecular formula is C17H18O6. The average Bonchev–Trinajstić information content (AvgIpc) is 2.46. The fourth-order valence-corrected chi connectivity index (χ4v) is 1.75. The number of aromatic carboxylic acids is 1. The lowest BCUT2D eigenvalue weighted by Gasteiger charge is -2.02. The molecule has 3 N–H and O–H groups in total. The third-order valence-electron chi connectivity index (χ3n) is 2.94. The third-order valence-corrected chi connectivity index (χ3v) is 2.94. The van der Waals surface area contributed by atoms with E-state index < -0.39 is 11.9 Å². The summed E-state index contributed by atoms with van der Waals surface area (Å²) in [6, 6.07) is 9.24. The summed E-state index contributed by atoms with van der Waals surface area (Å²) in [5, 5.41) is 26.9. The number of ether oxygens (including phenoxy) is 1.